The Morgan fingerprint density at radius 2 is 1.59 bits per heavy atom. The highest BCUT2D eigenvalue weighted by Crippen LogP contribution is 2.11. The van der Waals surface area contributed by atoms with Crippen LogP contribution in [0.2, 0.25) is 0 Å². The van der Waals surface area contributed by atoms with Crippen LogP contribution >= 0.6 is 0 Å². The normalized spacial score (nSPS) is 13.0. The summed E-state index contributed by atoms with van der Waals surface area (Å²) in [7, 11) is 0. The fraction of sp³-hybridized carbons (Fsp3) is 0.625. The van der Waals surface area contributed by atoms with E-state index in [-0.39, 0.29) is 0 Å². The van der Waals surface area contributed by atoms with Crippen molar-refractivity contribution < 1.29 is 0 Å². The third-order valence-corrected chi connectivity index (χ3v) is 3.09. The zero-order valence-corrected chi connectivity index (χ0v) is 11.8. The number of benzene rings is 1. The minimum atomic E-state index is 0.621. The van der Waals surface area contributed by atoms with Crippen LogP contribution in [-0.2, 0) is 12.8 Å². The van der Waals surface area contributed by atoms with Crippen LogP contribution in [0.25, 0.3) is 0 Å². The standard InChI is InChI=1S/C16H27N/c1-5-17-14(4)6-7-15-8-10-16(11-9-15)12-13(2)3/h8-11,13-14,17H,5-7,12H2,1-4H3. The molecule has 0 aromatic heterocycles. The Bertz CT molecular complexity index is 300. The van der Waals surface area contributed by atoms with Gasteiger partial charge in [0, 0.05) is 6.04 Å². The summed E-state index contributed by atoms with van der Waals surface area (Å²) in [6.45, 7) is 10.0. The Morgan fingerprint density at radius 3 is 2.12 bits per heavy atom. The molecule has 0 fully saturated rings. The molecule has 1 atom stereocenters. The van der Waals surface area contributed by atoms with Crippen molar-refractivity contribution in [1.82, 2.24) is 5.32 Å². The van der Waals surface area contributed by atoms with E-state index in [1.807, 2.05) is 0 Å². The summed E-state index contributed by atoms with van der Waals surface area (Å²) >= 11 is 0. The zero-order valence-electron chi connectivity index (χ0n) is 11.8. The molecule has 0 aliphatic heterocycles. The van der Waals surface area contributed by atoms with E-state index in [1.165, 1.54) is 30.4 Å². The van der Waals surface area contributed by atoms with Gasteiger partial charge in [-0.2, -0.15) is 0 Å². The Kier molecular flexibility index (Phi) is 6.28. The predicted molar refractivity (Wildman–Crippen MR) is 76.4 cm³/mol. The van der Waals surface area contributed by atoms with Crippen LogP contribution in [0.3, 0.4) is 0 Å². The van der Waals surface area contributed by atoms with Gasteiger partial charge in [0.1, 0.15) is 0 Å². The van der Waals surface area contributed by atoms with Gasteiger partial charge in [0.05, 0.1) is 0 Å². The van der Waals surface area contributed by atoms with Crippen LogP contribution in [0.5, 0.6) is 0 Å². The summed E-state index contributed by atoms with van der Waals surface area (Å²) in [5.74, 6) is 0.745. The van der Waals surface area contributed by atoms with E-state index in [1.54, 1.807) is 0 Å². The van der Waals surface area contributed by atoms with Crippen LogP contribution in [0.15, 0.2) is 24.3 Å². The largest absolute Gasteiger partial charge is 0.315 e. The average Bonchev–Trinajstić information content (AvgIpc) is 2.28. The van der Waals surface area contributed by atoms with Gasteiger partial charge in [0.2, 0.25) is 0 Å². The van der Waals surface area contributed by atoms with E-state index >= 15 is 0 Å². The summed E-state index contributed by atoms with van der Waals surface area (Å²) < 4.78 is 0. The van der Waals surface area contributed by atoms with Gasteiger partial charge in [0.25, 0.3) is 0 Å². The Labute approximate surface area is 107 Å². The maximum atomic E-state index is 3.45. The number of rotatable bonds is 7. The van der Waals surface area contributed by atoms with E-state index in [0.717, 1.165) is 12.5 Å². The lowest BCUT2D eigenvalue weighted by molar-refractivity contribution is 0.530. The van der Waals surface area contributed by atoms with Crippen molar-refractivity contribution in [3.63, 3.8) is 0 Å². The van der Waals surface area contributed by atoms with Gasteiger partial charge in [-0.3, -0.25) is 0 Å². The van der Waals surface area contributed by atoms with Crippen LogP contribution in [0.4, 0.5) is 0 Å². The molecule has 1 N–H and O–H groups in total. The second-order valence-corrected chi connectivity index (χ2v) is 5.41. The van der Waals surface area contributed by atoms with E-state index in [4.69, 9.17) is 0 Å². The highest BCUT2D eigenvalue weighted by atomic mass is 14.9. The molecule has 0 bridgehead atoms. The molecule has 1 unspecified atom stereocenters. The minimum absolute atomic E-state index is 0.621. The van der Waals surface area contributed by atoms with E-state index in [0.29, 0.717) is 6.04 Å². The van der Waals surface area contributed by atoms with Crippen molar-refractivity contribution in [2.45, 2.75) is 53.0 Å². The van der Waals surface area contributed by atoms with Crippen molar-refractivity contribution in [2.75, 3.05) is 6.54 Å². The SMILES string of the molecule is CCNC(C)CCc1ccc(CC(C)C)cc1. The highest BCUT2D eigenvalue weighted by molar-refractivity contribution is 5.23. The van der Waals surface area contributed by atoms with Crippen LogP contribution < -0.4 is 5.32 Å². The second kappa shape index (κ2) is 7.50. The van der Waals surface area contributed by atoms with Gasteiger partial charge >= 0.3 is 0 Å². The first-order valence-corrected chi connectivity index (χ1v) is 6.93. The molecule has 0 amide bonds. The lowest BCUT2D eigenvalue weighted by atomic mass is 9.99. The summed E-state index contributed by atoms with van der Waals surface area (Å²) in [4.78, 5) is 0. The molecule has 0 aliphatic carbocycles. The predicted octanol–water partition coefficient (Wildman–Crippen LogP) is 3.82. The van der Waals surface area contributed by atoms with Crippen molar-refractivity contribution in [2.24, 2.45) is 5.92 Å². The van der Waals surface area contributed by atoms with E-state index in [2.05, 4.69) is 57.3 Å². The molecular formula is C16H27N. The average molecular weight is 233 g/mol. The third kappa shape index (κ3) is 5.88. The lowest BCUT2D eigenvalue weighted by Gasteiger charge is -2.12. The summed E-state index contributed by atoms with van der Waals surface area (Å²) in [6, 6.07) is 9.77. The van der Waals surface area contributed by atoms with Crippen LogP contribution in [0.1, 0.15) is 45.2 Å². The second-order valence-electron chi connectivity index (χ2n) is 5.41. The number of hydrogen-bond acceptors (Lipinski definition) is 1. The smallest absolute Gasteiger partial charge is 0.00417 e. The van der Waals surface area contributed by atoms with Gasteiger partial charge in [-0.05, 0) is 49.8 Å². The molecule has 0 spiro atoms. The molecular weight excluding hydrogens is 206 g/mol. The summed E-state index contributed by atoms with van der Waals surface area (Å²) in [5, 5.41) is 3.45. The van der Waals surface area contributed by atoms with Gasteiger partial charge in [-0.15, -0.1) is 0 Å². The fourth-order valence-corrected chi connectivity index (χ4v) is 2.15. The quantitative estimate of drug-likeness (QED) is 0.755. The van der Waals surface area contributed by atoms with Crippen LogP contribution in [-0.4, -0.2) is 12.6 Å². The highest BCUT2D eigenvalue weighted by Gasteiger charge is 2.01. The minimum Gasteiger partial charge on any atom is -0.315 e. The third-order valence-electron chi connectivity index (χ3n) is 3.09. The molecule has 0 saturated carbocycles. The first-order valence-electron chi connectivity index (χ1n) is 6.93. The molecule has 1 rings (SSSR count). The molecule has 1 aromatic carbocycles. The van der Waals surface area contributed by atoms with Crippen molar-refractivity contribution in [3.05, 3.63) is 35.4 Å². The molecule has 17 heavy (non-hydrogen) atoms. The maximum absolute atomic E-state index is 3.45. The molecule has 96 valence electrons. The van der Waals surface area contributed by atoms with Gasteiger partial charge in [0.15, 0.2) is 0 Å². The Hall–Kier alpha value is -0.820. The fourth-order valence-electron chi connectivity index (χ4n) is 2.15. The Balaban J connectivity index is 2.40. The first-order chi connectivity index (χ1) is 8.11. The van der Waals surface area contributed by atoms with E-state index in [9.17, 15) is 0 Å². The topological polar surface area (TPSA) is 12.0 Å². The first kappa shape index (κ1) is 14.2. The molecule has 1 nitrogen and oxygen atoms in total. The molecule has 1 aromatic rings. The number of nitrogens with one attached hydrogen (secondary N) is 1. The maximum Gasteiger partial charge on any atom is 0.00417 e. The number of hydrogen-bond donors (Lipinski definition) is 1. The summed E-state index contributed by atoms with van der Waals surface area (Å²) in [5.41, 5.74) is 2.92. The lowest BCUT2D eigenvalue weighted by Crippen LogP contribution is -2.25. The molecule has 0 saturated heterocycles. The molecule has 0 aliphatic rings. The number of aryl methyl sites for hydroxylation is 1. The molecule has 0 heterocycles. The van der Waals surface area contributed by atoms with Gasteiger partial charge in [-0.25, -0.2) is 0 Å². The van der Waals surface area contributed by atoms with Crippen LogP contribution in [0, 0.1) is 5.92 Å². The zero-order chi connectivity index (χ0) is 12.7. The van der Waals surface area contributed by atoms with Crippen molar-refractivity contribution in [3.8, 4) is 0 Å². The van der Waals surface area contributed by atoms with E-state index < -0.39 is 0 Å². The molecule has 1 heteroatoms. The van der Waals surface area contributed by atoms with Gasteiger partial charge in [-0.1, -0.05) is 45.0 Å². The monoisotopic (exact) mass is 233 g/mol. The summed E-state index contributed by atoms with van der Waals surface area (Å²) in [6.07, 6.45) is 3.58. The van der Waals surface area contributed by atoms with Gasteiger partial charge < -0.3 is 5.32 Å². The molecule has 0 radical (unpaired) electrons. The van der Waals surface area contributed by atoms with Crippen molar-refractivity contribution >= 4 is 0 Å². The van der Waals surface area contributed by atoms with Crippen molar-refractivity contribution in [1.29, 1.82) is 0 Å². The Morgan fingerprint density at radius 1 is 1.00 bits per heavy atom.